The summed E-state index contributed by atoms with van der Waals surface area (Å²) in [4.78, 5) is 23.0. The zero-order valence-electron chi connectivity index (χ0n) is 14.8. The molecule has 0 atom stereocenters. The number of nitrogens with zero attached hydrogens (tertiary/aromatic N) is 3. The van der Waals surface area contributed by atoms with Crippen LogP contribution in [0.2, 0.25) is 0 Å². The smallest absolute Gasteiger partial charge is 0.258 e. The fourth-order valence-electron chi connectivity index (χ4n) is 2.89. The number of anilines is 3. The van der Waals surface area contributed by atoms with Gasteiger partial charge < -0.3 is 15.5 Å². The molecule has 2 heterocycles. The molecule has 0 saturated carbocycles. The molecule has 132 valence electrons. The molecule has 2 N–H and O–H groups in total. The highest BCUT2D eigenvalue weighted by atomic mass is 16.1. The van der Waals surface area contributed by atoms with Crippen molar-refractivity contribution >= 4 is 23.2 Å². The van der Waals surface area contributed by atoms with Gasteiger partial charge in [0.15, 0.2) is 0 Å². The van der Waals surface area contributed by atoms with E-state index in [0.717, 1.165) is 18.8 Å². The van der Waals surface area contributed by atoms with Crippen molar-refractivity contribution < 1.29 is 4.79 Å². The minimum atomic E-state index is -0.207. The molecule has 6 heteroatoms. The maximum absolute atomic E-state index is 12.3. The van der Waals surface area contributed by atoms with Gasteiger partial charge >= 0.3 is 0 Å². The minimum Gasteiger partial charge on any atom is -0.372 e. The van der Waals surface area contributed by atoms with E-state index in [2.05, 4.69) is 37.6 Å². The van der Waals surface area contributed by atoms with Crippen molar-refractivity contribution in [3.05, 3.63) is 42.2 Å². The van der Waals surface area contributed by atoms with Crippen LogP contribution in [0.1, 0.15) is 43.5 Å². The summed E-state index contributed by atoms with van der Waals surface area (Å²) in [7, 11) is 0. The number of benzene rings is 1. The Balaban J connectivity index is 1.60. The third-order valence-electron chi connectivity index (χ3n) is 4.18. The number of amides is 1. The van der Waals surface area contributed by atoms with Crippen molar-refractivity contribution in [2.24, 2.45) is 0 Å². The number of hydrogen-bond acceptors (Lipinski definition) is 5. The Kier molecular flexibility index (Phi) is 5.48. The van der Waals surface area contributed by atoms with Crippen LogP contribution in [0.25, 0.3) is 0 Å². The zero-order chi connectivity index (χ0) is 17.6. The summed E-state index contributed by atoms with van der Waals surface area (Å²) in [5.41, 5.74) is 2.43. The molecule has 0 spiro atoms. The van der Waals surface area contributed by atoms with Gasteiger partial charge in [-0.1, -0.05) is 0 Å². The molecule has 3 rings (SSSR count). The Bertz CT molecular complexity index is 691. The average Bonchev–Trinajstić information content (AvgIpc) is 2.63. The molecule has 0 radical (unpaired) electrons. The lowest BCUT2D eigenvalue weighted by molar-refractivity contribution is 0.102. The van der Waals surface area contributed by atoms with Crippen LogP contribution >= 0.6 is 0 Å². The molecule has 0 aliphatic carbocycles. The van der Waals surface area contributed by atoms with E-state index < -0.39 is 0 Å². The number of rotatable bonds is 5. The molecule has 1 fully saturated rings. The predicted octanol–water partition coefficient (Wildman–Crippen LogP) is 3.54. The first-order valence-electron chi connectivity index (χ1n) is 8.87. The van der Waals surface area contributed by atoms with Gasteiger partial charge in [-0.3, -0.25) is 4.79 Å². The average molecular weight is 339 g/mol. The van der Waals surface area contributed by atoms with Crippen LogP contribution in [0, 0.1) is 0 Å². The normalized spacial score (nSPS) is 14.4. The van der Waals surface area contributed by atoms with E-state index in [4.69, 9.17) is 0 Å². The number of aromatic nitrogens is 2. The largest absolute Gasteiger partial charge is 0.372 e. The molecular weight excluding hydrogens is 314 g/mol. The van der Waals surface area contributed by atoms with Gasteiger partial charge in [0, 0.05) is 42.9 Å². The van der Waals surface area contributed by atoms with Crippen LogP contribution in [0.3, 0.4) is 0 Å². The molecule has 0 bridgehead atoms. The van der Waals surface area contributed by atoms with Crippen LogP contribution in [-0.4, -0.2) is 35.0 Å². The molecule has 6 nitrogen and oxygen atoms in total. The van der Waals surface area contributed by atoms with E-state index in [1.165, 1.54) is 37.3 Å². The predicted molar refractivity (Wildman–Crippen MR) is 101 cm³/mol. The Morgan fingerprint density at radius 1 is 1.04 bits per heavy atom. The fraction of sp³-hybridized carbons (Fsp3) is 0.421. The lowest BCUT2D eigenvalue weighted by atomic mass is 10.1. The molecule has 1 aromatic heterocycles. The second kappa shape index (κ2) is 7.96. The Labute approximate surface area is 148 Å². The number of nitrogens with one attached hydrogen (secondary N) is 2. The van der Waals surface area contributed by atoms with Gasteiger partial charge in [-0.05, 0) is 57.4 Å². The van der Waals surface area contributed by atoms with E-state index >= 15 is 0 Å². The van der Waals surface area contributed by atoms with Gasteiger partial charge in [0.1, 0.15) is 0 Å². The molecule has 1 saturated heterocycles. The molecule has 1 aliphatic rings. The van der Waals surface area contributed by atoms with Gasteiger partial charge in [-0.25, -0.2) is 9.97 Å². The summed E-state index contributed by atoms with van der Waals surface area (Å²) < 4.78 is 0. The van der Waals surface area contributed by atoms with Crippen molar-refractivity contribution in [2.75, 3.05) is 28.6 Å². The van der Waals surface area contributed by atoms with Crippen LogP contribution in [0.5, 0.6) is 0 Å². The fourth-order valence-corrected chi connectivity index (χ4v) is 2.89. The van der Waals surface area contributed by atoms with Crippen molar-refractivity contribution in [1.29, 1.82) is 0 Å². The SMILES string of the molecule is CC(C)Nc1ncc(C(=O)Nc2ccc(N3CCCCC3)cc2)cn1. The van der Waals surface area contributed by atoms with Crippen molar-refractivity contribution in [2.45, 2.75) is 39.2 Å². The van der Waals surface area contributed by atoms with E-state index in [9.17, 15) is 4.79 Å². The highest BCUT2D eigenvalue weighted by Gasteiger charge is 2.12. The number of hydrogen-bond donors (Lipinski definition) is 2. The summed E-state index contributed by atoms with van der Waals surface area (Å²) >= 11 is 0. The molecule has 2 aromatic rings. The number of carbonyl (C=O) groups excluding carboxylic acids is 1. The van der Waals surface area contributed by atoms with Gasteiger partial charge in [-0.2, -0.15) is 0 Å². The van der Waals surface area contributed by atoms with Crippen LogP contribution in [-0.2, 0) is 0 Å². The summed E-state index contributed by atoms with van der Waals surface area (Å²) in [6.07, 6.45) is 6.89. The van der Waals surface area contributed by atoms with Crippen molar-refractivity contribution in [3.8, 4) is 0 Å². The lowest BCUT2D eigenvalue weighted by Gasteiger charge is -2.28. The zero-order valence-corrected chi connectivity index (χ0v) is 14.8. The topological polar surface area (TPSA) is 70.2 Å². The monoisotopic (exact) mass is 339 g/mol. The first kappa shape index (κ1) is 17.2. The molecule has 1 aliphatic heterocycles. The third-order valence-corrected chi connectivity index (χ3v) is 4.18. The van der Waals surface area contributed by atoms with E-state index in [1.807, 2.05) is 26.0 Å². The summed E-state index contributed by atoms with van der Waals surface area (Å²) in [6, 6.07) is 8.26. The highest BCUT2D eigenvalue weighted by Crippen LogP contribution is 2.22. The molecule has 1 amide bonds. The second-order valence-electron chi connectivity index (χ2n) is 6.64. The summed E-state index contributed by atoms with van der Waals surface area (Å²) in [6.45, 7) is 6.24. The molecule has 25 heavy (non-hydrogen) atoms. The van der Waals surface area contributed by atoms with E-state index in [-0.39, 0.29) is 11.9 Å². The lowest BCUT2D eigenvalue weighted by Crippen LogP contribution is -2.29. The first-order chi connectivity index (χ1) is 12.1. The summed E-state index contributed by atoms with van der Waals surface area (Å²) in [5, 5.41) is 5.99. The highest BCUT2D eigenvalue weighted by molar-refractivity contribution is 6.03. The molecule has 1 aromatic carbocycles. The standard InChI is InChI=1S/C19H25N5O/c1-14(2)22-19-20-12-15(13-21-19)18(25)23-16-6-8-17(9-7-16)24-10-4-3-5-11-24/h6-9,12-14H,3-5,10-11H2,1-2H3,(H,23,25)(H,20,21,22). The van der Waals surface area contributed by atoms with Crippen LogP contribution < -0.4 is 15.5 Å². The van der Waals surface area contributed by atoms with Gasteiger partial charge in [0.05, 0.1) is 5.56 Å². The van der Waals surface area contributed by atoms with Gasteiger partial charge in [0.2, 0.25) is 5.95 Å². The number of carbonyl (C=O) groups is 1. The van der Waals surface area contributed by atoms with Crippen molar-refractivity contribution in [3.63, 3.8) is 0 Å². The third kappa shape index (κ3) is 4.68. The number of piperidine rings is 1. The Morgan fingerprint density at radius 3 is 2.28 bits per heavy atom. The quantitative estimate of drug-likeness (QED) is 0.872. The van der Waals surface area contributed by atoms with Crippen LogP contribution in [0.4, 0.5) is 17.3 Å². The van der Waals surface area contributed by atoms with Crippen LogP contribution in [0.15, 0.2) is 36.7 Å². The Hall–Kier alpha value is -2.63. The van der Waals surface area contributed by atoms with Gasteiger partial charge in [-0.15, -0.1) is 0 Å². The van der Waals surface area contributed by atoms with E-state index in [1.54, 1.807) is 0 Å². The molecular formula is C19H25N5O. The second-order valence-corrected chi connectivity index (χ2v) is 6.64. The molecule has 0 unspecified atom stereocenters. The van der Waals surface area contributed by atoms with E-state index in [0.29, 0.717) is 11.5 Å². The van der Waals surface area contributed by atoms with Gasteiger partial charge in [0.25, 0.3) is 5.91 Å². The minimum absolute atomic E-state index is 0.207. The Morgan fingerprint density at radius 2 is 1.68 bits per heavy atom. The summed E-state index contributed by atoms with van der Waals surface area (Å²) in [5.74, 6) is 0.319. The van der Waals surface area contributed by atoms with Crippen molar-refractivity contribution in [1.82, 2.24) is 9.97 Å². The maximum Gasteiger partial charge on any atom is 0.258 e. The first-order valence-corrected chi connectivity index (χ1v) is 8.87. The maximum atomic E-state index is 12.3.